The molecule has 0 fully saturated rings. The van der Waals surface area contributed by atoms with Crippen LogP contribution < -0.4 is 15.6 Å². The normalized spacial score (nSPS) is 10.8. The summed E-state index contributed by atoms with van der Waals surface area (Å²) in [5.41, 5.74) is 1.80. The largest absolute Gasteiger partial charge is 0.454 e. The fraction of sp³-hybridized carbons (Fsp3) is 0. The van der Waals surface area contributed by atoms with Crippen LogP contribution in [0.2, 0.25) is 0 Å². The van der Waals surface area contributed by atoms with Crippen LogP contribution in [0, 0.1) is 5.82 Å². The Balaban J connectivity index is 1.30. The zero-order valence-electron chi connectivity index (χ0n) is 20.9. The second-order valence-electron chi connectivity index (χ2n) is 8.76. The van der Waals surface area contributed by atoms with Crippen LogP contribution in [0.3, 0.4) is 0 Å². The Morgan fingerprint density at radius 1 is 0.800 bits per heavy atom. The number of halogens is 1. The van der Waals surface area contributed by atoms with Gasteiger partial charge in [0.25, 0.3) is 11.5 Å². The smallest absolute Gasteiger partial charge is 0.279 e. The maximum atomic E-state index is 15.1. The second kappa shape index (κ2) is 10.6. The molecule has 6 aromatic rings. The molecule has 1 N–H and O–H groups in total. The summed E-state index contributed by atoms with van der Waals surface area (Å²) in [6, 6.07) is 24.9. The van der Waals surface area contributed by atoms with E-state index in [0.717, 1.165) is 11.6 Å². The zero-order chi connectivity index (χ0) is 27.5. The van der Waals surface area contributed by atoms with Crippen molar-refractivity contribution in [3.05, 3.63) is 138 Å². The molecule has 9 heteroatoms. The molecule has 0 spiro atoms. The number of para-hydroxylation sites is 1. The van der Waals surface area contributed by atoms with Crippen LogP contribution in [-0.2, 0) is 0 Å². The Morgan fingerprint density at radius 3 is 2.35 bits per heavy atom. The van der Waals surface area contributed by atoms with E-state index in [4.69, 9.17) is 4.74 Å². The van der Waals surface area contributed by atoms with Gasteiger partial charge in [-0.15, -0.1) is 0 Å². The second-order valence-corrected chi connectivity index (χ2v) is 8.76. The van der Waals surface area contributed by atoms with E-state index >= 15 is 4.39 Å². The Labute approximate surface area is 227 Å². The van der Waals surface area contributed by atoms with Crippen molar-refractivity contribution < 1.29 is 13.9 Å². The number of pyridine rings is 2. The summed E-state index contributed by atoms with van der Waals surface area (Å²) in [4.78, 5) is 34.7. The third kappa shape index (κ3) is 4.79. The van der Waals surface area contributed by atoms with Crippen molar-refractivity contribution in [3.8, 4) is 28.3 Å². The highest BCUT2D eigenvalue weighted by Gasteiger charge is 2.19. The molecule has 0 saturated heterocycles. The molecular formula is C31H20FN5O3. The van der Waals surface area contributed by atoms with Gasteiger partial charge in [0.15, 0.2) is 17.3 Å². The number of hydrogen-bond donors (Lipinski definition) is 1. The van der Waals surface area contributed by atoms with Gasteiger partial charge in [0.2, 0.25) is 0 Å². The van der Waals surface area contributed by atoms with E-state index < -0.39 is 11.7 Å². The van der Waals surface area contributed by atoms with Gasteiger partial charge in [0.1, 0.15) is 5.75 Å². The van der Waals surface area contributed by atoms with Gasteiger partial charge < -0.3 is 10.1 Å². The van der Waals surface area contributed by atoms with Crippen molar-refractivity contribution in [2.75, 3.05) is 5.32 Å². The zero-order valence-corrected chi connectivity index (χ0v) is 20.9. The maximum Gasteiger partial charge on any atom is 0.279 e. The number of fused-ring (bicyclic) bond motifs is 1. The molecule has 3 aromatic carbocycles. The molecule has 0 aliphatic heterocycles. The Morgan fingerprint density at radius 2 is 1.57 bits per heavy atom. The number of carbonyl (C=O) groups excluding carboxylic acids is 1. The Hall–Kier alpha value is -5.70. The van der Waals surface area contributed by atoms with Crippen LogP contribution in [0.4, 0.5) is 10.1 Å². The number of rotatable bonds is 6. The van der Waals surface area contributed by atoms with E-state index in [-0.39, 0.29) is 22.7 Å². The van der Waals surface area contributed by atoms with Crippen molar-refractivity contribution in [1.29, 1.82) is 0 Å². The number of amides is 1. The summed E-state index contributed by atoms with van der Waals surface area (Å²) in [6.45, 7) is 0. The van der Waals surface area contributed by atoms with Gasteiger partial charge in [-0.05, 0) is 42.5 Å². The lowest BCUT2D eigenvalue weighted by Gasteiger charge is -2.13. The highest BCUT2D eigenvalue weighted by atomic mass is 19.1. The predicted octanol–water partition coefficient (Wildman–Crippen LogP) is 6.03. The summed E-state index contributed by atoms with van der Waals surface area (Å²) in [5.74, 6) is -0.908. The minimum Gasteiger partial charge on any atom is -0.454 e. The van der Waals surface area contributed by atoms with Crippen molar-refractivity contribution in [2.45, 2.75) is 0 Å². The fourth-order valence-corrected chi connectivity index (χ4v) is 4.28. The fourth-order valence-electron chi connectivity index (χ4n) is 4.28. The number of aromatic nitrogens is 4. The summed E-state index contributed by atoms with van der Waals surface area (Å²) in [7, 11) is 0. The molecule has 0 saturated carbocycles. The Kier molecular flexibility index (Phi) is 6.51. The van der Waals surface area contributed by atoms with Crippen LogP contribution in [-0.4, -0.2) is 25.7 Å². The van der Waals surface area contributed by atoms with Crippen LogP contribution in [0.15, 0.2) is 121 Å². The third-order valence-electron chi connectivity index (χ3n) is 6.18. The highest BCUT2D eigenvalue weighted by Crippen LogP contribution is 2.34. The van der Waals surface area contributed by atoms with Crippen LogP contribution in [0.5, 0.6) is 11.5 Å². The van der Waals surface area contributed by atoms with Gasteiger partial charge in [0.05, 0.1) is 11.1 Å². The number of nitrogens with one attached hydrogen (secondary N) is 1. The van der Waals surface area contributed by atoms with Crippen molar-refractivity contribution in [3.63, 3.8) is 0 Å². The average molecular weight is 530 g/mol. The van der Waals surface area contributed by atoms with Crippen LogP contribution in [0.25, 0.3) is 27.6 Å². The summed E-state index contributed by atoms with van der Waals surface area (Å²) < 4.78 is 22.2. The molecule has 0 aliphatic carbocycles. The SMILES string of the molecule is O=C(Nc1ccc(Oc2ccncc2-c2cccnc2)c(F)c1)c1nn(-c2ccccc2)c(=O)c2ccccc12. The van der Waals surface area contributed by atoms with Crippen molar-refractivity contribution in [1.82, 2.24) is 19.7 Å². The molecule has 3 heterocycles. The molecule has 1 amide bonds. The van der Waals surface area contributed by atoms with E-state index in [2.05, 4.69) is 20.4 Å². The minimum absolute atomic E-state index is 0.0256. The minimum atomic E-state index is -0.682. The molecule has 0 bridgehead atoms. The van der Waals surface area contributed by atoms with Crippen LogP contribution in [0.1, 0.15) is 10.5 Å². The monoisotopic (exact) mass is 529 g/mol. The number of hydrogen-bond acceptors (Lipinski definition) is 6. The number of benzene rings is 3. The molecule has 8 nitrogen and oxygen atoms in total. The first-order chi connectivity index (χ1) is 19.6. The van der Waals surface area contributed by atoms with Gasteiger partial charge in [-0.25, -0.2) is 4.39 Å². The predicted molar refractivity (Wildman–Crippen MR) is 149 cm³/mol. The first kappa shape index (κ1) is 24.6. The van der Waals surface area contributed by atoms with E-state index in [1.807, 2.05) is 12.1 Å². The lowest BCUT2D eigenvalue weighted by Crippen LogP contribution is -2.26. The lowest BCUT2D eigenvalue weighted by atomic mass is 10.1. The summed E-state index contributed by atoms with van der Waals surface area (Å²) in [5, 5.41) is 7.77. The van der Waals surface area contributed by atoms with Crippen LogP contribution >= 0.6 is 0 Å². The molecule has 194 valence electrons. The molecular weight excluding hydrogens is 509 g/mol. The number of anilines is 1. The van der Waals surface area contributed by atoms with E-state index in [1.165, 1.54) is 16.8 Å². The Bertz CT molecular complexity index is 1910. The lowest BCUT2D eigenvalue weighted by molar-refractivity contribution is 0.102. The van der Waals surface area contributed by atoms with Crippen molar-refractivity contribution in [2.24, 2.45) is 0 Å². The number of nitrogens with zero attached hydrogens (tertiary/aromatic N) is 4. The molecule has 0 aliphatic rings. The first-order valence-corrected chi connectivity index (χ1v) is 12.3. The molecule has 0 atom stereocenters. The topological polar surface area (TPSA) is 99.0 Å². The van der Waals surface area contributed by atoms with Gasteiger partial charge in [-0.2, -0.15) is 9.78 Å². The summed E-state index contributed by atoms with van der Waals surface area (Å²) >= 11 is 0. The highest BCUT2D eigenvalue weighted by molar-refractivity contribution is 6.11. The van der Waals surface area contributed by atoms with E-state index in [0.29, 0.717) is 27.8 Å². The van der Waals surface area contributed by atoms with Gasteiger partial charge in [0, 0.05) is 53.1 Å². The average Bonchev–Trinajstić information content (AvgIpc) is 3.00. The quantitative estimate of drug-likeness (QED) is 0.283. The number of carbonyl (C=O) groups is 1. The van der Waals surface area contributed by atoms with Gasteiger partial charge in [-0.1, -0.05) is 42.5 Å². The molecule has 40 heavy (non-hydrogen) atoms. The van der Waals surface area contributed by atoms with E-state index in [1.54, 1.807) is 85.5 Å². The molecule has 3 aromatic heterocycles. The van der Waals surface area contributed by atoms with Gasteiger partial charge in [-0.3, -0.25) is 19.6 Å². The molecule has 0 radical (unpaired) electrons. The first-order valence-electron chi connectivity index (χ1n) is 12.3. The van der Waals surface area contributed by atoms with Gasteiger partial charge >= 0.3 is 0 Å². The summed E-state index contributed by atoms with van der Waals surface area (Å²) in [6.07, 6.45) is 6.48. The third-order valence-corrected chi connectivity index (χ3v) is 6.18. The standard InChI is InChI=1S/C31H20FN5O3/c32-26-17-21(12-13-28(26)40-27-14-16-34-19-25(27)20-7-6-15-33-18-20)35-30(38)29-23-10-4-5-11-24(23)31(39)37(36-29)22-8-2-1-3-9-22/h1-19H,(H,35,38). The molecule has 6 rings (SSSR count). The van der Waals surface area contributed by atoms with Crippen molar-refractivity contribution >= 4 is 22.4 Å². The maximum absolute atomic E-state index is 15.1. The van der Waals surface area contributed by atoms with E-state index in [9.17, 15) is 9.59 Å². The number of ether oxygens (including phenoxy) is 1. The molecule has 0 unspecified atom stereocenters.